The first-order chi connectivity index (χ1) is 31.2. The summed E-state index contributed by atoms with van der Waals surface area (Å²) in [4.78, 5) is 76.4. The number of amides is 3. The molecule has 3 heterocycles. The van der Waals surface area contributed by atoms with E-state index in [4.69, 9.17) is 0 Å². The van der Waals surface area contributed by atoms with Crippen LogP contribution in [0.2, 0.25) is 0 Å². The molecule has 0 unspecified atom stereocenters. The maximum absolute atomic E-state index is 12.4. The maximum atomic E-state index is 12.4. The van der Waals surface area contributed by atoms with Gasteiger partial charge >= 0.3 is 0 Å². The molecule has 0 N–H and O–H groups in total. The quantitative estimate of drug-likeness (QED) is 0.203. The van der Waals surface area contributed by atoms with E-state index in [0.717, 1.165) is 22.1 Å². The fourth-order valence-corrected chi connectivity index (χ4v) is 6.37. The van der Waals surface area contributed by atoms with Gasteiger partial charge in [0.15, 0.2) is 0 Å². The van der Waals surface area contributed by atoms with Gasteiger partial charge in [0.2, 0.25) is 0 Å². The average molecular weight is 874 g/mol. The second-order valence-corrected chi connectivity index (χ2v) is 15.4. The maximum Gasteiger partial charge on any atom is 0.277 e. The van der Waals surface area contributed by atoms with Crippen molar-refractivity contribution < 1.29 is 14.4 Å². The van der Waals surface area contributed by atoms with Gasteiger partial charge in [-0.3, -0.25) is 33.3 Å². The third-order valence-corrected chi connectivity index (χ3v) is 9.94. The summed E-state index contributed by atoms with van der Waals surface area (Å²) in [5, 5.41) is 21.4. The molecule has 17 nitrogen and oxygen atoms in total. The van der Waals surface area contributed by atoms with E-state index in [1.54, 1.807) is 109 Å². The number of nitrogens with zero attached hydrogens (tertiary/aromatic N) is 11. The van der Waals surface area contributed by atoms with Crippen molar-refractivity contribution in [3.63, 3.8) is 0 Å². The molecule has 3 aromatic heterocycles. The zero-order valence-electron chi connectivity index (χ0n) is 36.8. The van der Waals surface area contributed by atoms with E-state index in [0.29, 0.717) is 52.6 Å². The van der Waals surface area contributed by atoms with Crippen LogP contribution in [0.1, 0.15) is 47.8 Å². The molecular weight excluding hydrogens is 827 g/mol. The summed E-state index contributed by atoms with van der Waals surface area (Å²) in [6, 6.07) is 36.0. The molecule has 0 aliphatic carbocycles. The molecule has 0 bridgehead atoms. The van der Waals surface area contributed by atoms with E-state index in [9.17, 15) is 28.8 Å². The Morgan fingerprint density at radius 1 is 0.492 bits per heavy atom. The van der Waals surface area contributed by atoms with Crippen LogP contribution in [0, 0.1) is 0 Å². The Hall–Kier alpha value is -8.47. The molecule has 3 amide bonds. The van der Waals surface area contributed by atoms with Gasteiger partial charge in [0, 0.05) is 64.4 Å². The first kappa shape index (κ1) is 46.0. The van der Waals surface area contributed by atoms with E-state index in [-0.39, 0.29) is 34.4 Å². The third-order valence-electron chi connectivity index (χ3n) is 9.94. The molecule has 330 valence electrons. The summed E-state index contributed by atoms with van der Waals surface area (Å²) in [6.07, 6.45) is 4.26. The second-order valence-electron chi connectivity index (χ2n) is 15.4. The van der Waals surface area contributed by atoms with Crippen molar-refractivity contribution in [2.45, 2.75) is 19.6 Å². The van der Waals surface area contributed by atoms with Gasteiger partial charge in [-0.05, 0) is 71.3 Å². The second kappa shape index (κ2) is 21.1. The minimum atomic E-state index is -0.205. The van der Waals surface area contributed by atoms with E-state index in [2.05, 4.69) is 25.6 Å². The molecule has 0 atom stereocenters. The van der Waals surface area contributed by atoms with Crippen molar-refractivity contribution in [3.8, 4) is 0 Å². The lowest BCUT2D eigenvalue weighted by Crippen LogP contribution is -2.25. The molecule has 8 rings (SSSR count). The van der Waals surface area contributed by atoms with Crippen LogP contribution in [0.25, 0.3) is 21.7 Å². The normalized spacial score (nSPS) is 10.6. The van der Waals surface area contributed by atoms with Crippen molar-refractivity contribution in [3.05, 3.63) is 204 Å². The van der Waals surface area contributed by atoms with Gasteiger partial charge in [-0.25, -0.2) is 9.36 Å². The fraction of sp³-hybridized carbons (Fsp3) is 0.188. The van der Waals surface area contributed by atoms with Gasteiger partial charge in [-0.1, -0.05) is 71.9 Å². The van der Waals surface area contributed by atoms with Gasteiger partial charge < -0.3 is 14.7 Å². The number of rotatable bonds is 9. The Balaban J connectivity index is 0.000000163. The summed E-state index contributed by atoms with van der Waals surface area (Å²) in [5.41, 5.74) is 4.66. The number of hydrogen-bond acceptors (Lipinski definition) is 11. The van der Waals surface area contributed by atoms with Gasteiger partial charge in [-0.15, -0.1) is 10.2 Å². The number of fused-ring (bicyclic) bond motifs is 2. The lowest BCUT2D eigenvalue weighted by atomic mass is 10.1. The number of carbonyl (C=O) groups excluding carboxylic acids is 3. The Morgan fingerprint density at radius 2 is 0.938 bits per heavy atom. The highest BCUT2D eigenvalue weighted by atomic mass is 16.2. The highest BCUT2D eigenvalue weighted by Crippen LogP contribution is 2.12. The molecule has 0 fully saturated rings. The minimum Gasteiger partial charge on any atom is -0.345 e. The van der Waals surface area contributed by atoms with Gasteiger partial charge in [0.25, 0.3) is 34.4 Å². The average Bonchev–Trinajstić information content (AvgIpc) is 3.32. The molecule has 0 spiro atoms. The minimum absolute atomic E-state index is 0.0439. The monoisotopic (exact) mass is 873 g/mol. The number of aromatic nitrogens is 8. The predicted molar refractivity (Wildman–Crippen MR) is 247 cm³/mol. The smallest absolute Gasteiger partial charge is 0.277 e. The van der Waals surface area contributed by atoms with Crippen LogP contribution in [0.15, 0.2) is 154 Å². The molecule has 0 radical (unpaired) electrons. The summed E-state index contributed by atoms with van der Waals surface area (Å²) >= 11 is 0. The largest absolute Gasteiger partial charge is 0.345 e. The van der Waals surface area contributed by atoms with E-state index in [1.807, 2.05) is 60.7 Å². The van der Waals surface area contributed by atoms with Gasteiger partial charge in [-0.2, -0.15) is 10.2 Å². The molecule has 65 heavy (non-hydrogen) atoms. The molecule has 0 saturated heterocycles. The zero-order chi connectivity index (χ0) is 46.6. The Kier molecular flexibility index (Phi) is 14.9. The molecule has 0 aliphatic heterocycles. The molecule has 0 saturated carbocycles. The van der Waals surface area contributed by atoms with Crippen LogP contribution < -0.4 is 16.7 Å². The van der Waals surface area contributed by atoms with E-state index < -0.39 is 0 Å². The number of benzene rings is 5. The predicted octanol–water partition coefficient (Wildman–Crippen LogP) is 4.08. The highest BCUT2D eigenvalue weighted by Gasteiger charge is 2.12. The van der Waals surface area contributed by atoms with Crippen molar-refractivity contribution >= 4 is 39.4 Å². The summed E-state index contributed by atoms with van der Waals surface area (Å²) in [5.74, 6) is -0.147. The van der Waals surface area contributed by atoms with Crippen LogP contribution >= 0.6 is 0 Å². The third kappa shape index (κ3) is 11.7. The lowest BCUT2D eigenvalue weighted by Gasteiger charge is -2.11. The Morgan fingerprint density at radius 3 is 1.45 bits per heavy atom. The van der Waals surface area contributed by atoms with Crippen molar-refractivity contribution in [2.75, 3.05) is 42.3 Å². The number of carbonyl (C=O) groups is 3. The lowest BCUT2D eigenvalue weighted by molar-refractivity contribution is 0.0820. The highest BCUT2D eigenvalue weighted by molar-refractivity contribution is 5.95. The topological polar surface area (TPSA) is 191 Å². The fourth-order valence-electron chi connectivity index (χ4n) is 6.37. The summed E-state index contributed by atoms with van der Waals surface area (Å²) in [6.45, 7) is 1.10. The molecule has 17 heteroatoms. The van der Waals surface area contributed by atoms with Crippen LogP contribution in [0.5, 0.6) is 0 Å². The Bertz CT molecular complexity index is 2970. The Labute approximate surface area is 373 Å². The molecule has 0 aliphatic rings. The van der Waals surface area contributed by atoms with Crippen molar-refractivity contribution in [2.24, 2.45) is 0 Å². The van der Waals surface area contributed by atoms with Crippen LogP contribution in [-0.4, -0.2) is 114 Å². The molecule has 5 aromatic carbocycles. The standard InChI is InChI=1S/C18H17N3O2.C17H16N4O2.C13H14N4O2/c1-20(2)17(22)14-9-7-13(8-10-14)12-21-18(23)16-6-4-3-5-15(16)11-19-21;1-20(2)16(22)13-9-7-12(8-10-13)11-21-17(23)14-5-3-4-6-15(14)18-19-21;1-16(2)13(19)11-5-3-10(4-6-11)8-17-9-15-14-7-12(17)18/h3-11H,12H2,1-2H3;3-10H,11H2,1-2H3;3-7,9H,8H2,1-2H3. The van der Waals surface area contributed by atoms with Crippen molar-refractivity contribution in [1.82, 2.24) is 54.2 Å². The molecule has 8 aromatic rings. The molecular formula is C48H47N11O6. The summed E-state index contributed by atoms with van der Waals surface area (Å²) in [7, 11) is 10.3. The SMILES string of the molecule is CN(C)C(=O)c1ccc(Cn2cnncc2=O)cc1.CN(C)C(=O)c1ccc(Cn2ncc3ccccc3c2=O)cc1.CN(C)C(=O)c1ccc(Cn2nnc3ccccc3c2=O)cc1. The first-order valence-corrected chi connectivity index (χ1v) is 20.3. The zero-order valence-corrected chi connectivity index (χ0v) is 36.8. The van der Waals surface area contributed by atoms with Crippen LogP contribution in [0.4, 0.5) is 0 Å². The van der Waals surface area contributed by atoms with Gasteiger partial charge in [0.05, 0.1) is 36.6 Å². The van der Waals surface area contributed by atoms with E-state index in [1.165, 1.54) is 41.2 Å². The van der Waals surface area contributed by atoms with Crippen molar-refractivity contribution in [1.29, 1.82) is 0 Å². The van der Waals surface area contributed by atoms with Gasteiger partial charge in [0.1, 0.15) is 18.0 Å². The number of hydrogen-bond donors (Lipinski definition) is 0. The first-order valence-electron chi connectivity index (χ1n) is 20.3. The van der Waals surface area contributed by atoms with Crippen LogP contribution in [0.3, 0.4) is 0 Å². The van der Waals surface area contributed by atoms with E-state index >= 15 is 0 Å². The summed E-state index contributed by atoms with van der Waals surface area (Å²) < 4.78 is 4.21. The van der Waals surface area contributed by atoms with Crippen LogP contribution in [-0.2, 0) is 19.6 Å².